The number of fused-ring (bicyclic) bond motifs is 3. The summed E-state index contributed by atoms with van der Waals surface area (Å²) in [5.41, 5.74) is 0. The van der Waals surface area contributed by atoms with Crippen molar-refractivity contribution in [2.45, 2.75) is 121 Å². The van der Waals surface area contributed by atoms with Gasteiger partial charge in [-0.1, -0.05) is 0 Å². The molecule has 1 amide bonds. The van der Waals surface area contributed by atoms with Crippen LogP contribution in [0.25, 0.3) is 0 Å². The van der Waals surface area contributed by atoms with Crippen LogP contribution in [0.5, 0.6) is 0 Å². The molecule has 220 valence electrons. The van der Waals surface area contributed by atoms with Gasteiger partial charge in [0.15, 0.2) is 48.6 Å². The predicted octanol–water partition coefficient (Wildman–Crippen LogP) is -0.989. The van der Waals surface area contributed by atoms with Gasteiger partial charge in [0, 0.05) is 27.3 Å². The van der Waals surface area contributed by atoms with E-state index in [1.807, 2.05) is 0 Å². The molecule has 4 rings (SSSR count). The third-order valence-electron chi connectivity index (χ3n) is 6.41. The summed E-state index contributed by atoms with van der Waals surface area (Å²) in [6.07, 6.45) is -11.5. The molecule has 15 heteroatoms. The quantitative estimate of drug-likeness (QED) is 0.298. The predicted molar refractivity (Wildman–Crippen MR) is 123 cm³/mol. The van der Waals surface area contributed by atoms with Gasteiger partial charge in [-0.3, -0.25) is 19.2 Å². The van der Waals surface area contributed by atoms with E-state index >= 15 is 0 Å². The molecule has 0 aromatic carbocycles. The van der Waals surface area contributed by atoms with Crippen molar-refractivity contribution in [2.75, 3.05) is 6.54 Å². The molecule has 0 aromatic rings. The molecular formula is C24H35NO14. The molecule has 4 heterocycles. The molecule has 4 aliphatic rings. The fraction of sp³-hybridized carbons (Fsp3) is 0.833. The Morgan fingerprint density at radius 1 is 0.718 bits per heavy atom. The van der Waals surface area contributed by atoms with Crippen molar-refractivity contribution in [2.24, 2.45) is 0 Å². The highest BCUT2D eigenvalue weighted by Gasteiger charge is 2.61. The molecule has 0 aliphatic carbocycles. The maximum absolute atomic E-state index is 13.3. The lowest BCUT2D eigenvalue weighted by atomic mass is 9.96. The third-order valence-corrected chi connectivity index (χ3v) is 6.41. The molecule has 15 nitrogen and oxygen atoms in total. The Kier molecular flexibility index (Phi) is 8.25. The van der Waals surface area contributed by atoms with E-state index in [9.17, 15) is 24.3 Å². The average molecular weight is 562 g/mol. The average Bonchev–Trinajstić information content (AvgIpc) is 3.28. The summed E-state index contributed by atoms with van der Waals surface area (Å²) in [5, 5.41) is 13.2. The number of hydrogen-bond acceptors (Lipinski definition) is 14. The van der Waals surface area contributed by atoms with Crippen LogP contribution in [0.3, 0.4) is 0 Å². The largest absolute Gasteiger partial charge is 0.455 e. The van der Waals surface area contributed by atoms with Crippen LogP contribution in [0.15, 0.2) is 0 Å². The van der Waals surface area contributed by atoms with Crippen molar-refractivity contribution >= 4 is 23.8 Å². The summed E-state index contributed by atoms with van der Waals surface area (Å²) in [5.74, 6) is -5.20. The van der Waals surface area contributed by atoms with Gasteiger partial charge in [-0.25, -0.2) is 0 Å². The van der Waals surface area contributed by atoms with Gasteiger partial charge in [0.05, 0.1) is 0 Å². The van der Waals surface area contributed by atoms with Crippen LogP contribution in [0.4, 0.5) is 0 Å². The monoisotopic (exact) mass is 561 g/mol. The van der Waals surface area contributed by atoms with E-state index in [0.717, 1.165) is 20.8 Å². The number of amides is 1. The van der Waals surface area contributed by atoms with Gasteiger partial charge < -0.3 is 53.1 Å². The number of aliphatic hydroxyl groups excluding tert-OH is 1. The van der Waals surface area contributed by atoms with E-state index in [1.165, 1.54) is 0 Å². The second kappa shape index (κ2) is 10.9. The van der Waals surface area contributed by atoms with Crippen molar-refractivity contribution in [3.05, 3.63) is 0 Å². The van der Waals surface area contributed by atoms with Gasteiger partial charge >= 0.3 is 17.9 Å². The summed E-state index contributed by atoms with van der Waals surface area (Å²) < 4.78 is 50.9. The summed E-state index contributed by atoms with van der Waals surface area (Å²) in [6, 6.07) is 0. The Balaban J connectivity index is 1.51. The zero-order chi connectivity index (χ0) is 28.9. The van der Waals surface area contributed by atoms with Gasteiger partial charge in [0.25, 0.3) is 5.91 Å². The lowest BCUT2D eigenvalue weighted by Crippen LogP contribution is -2.65. The van der Waals surface area contributed by atoms with Crippen LogP contribution < -0.4 is 5.32 Å². The Hall–Kier alpha value is -2.40. The molecule has 39 heavy (non-hydrogen) atoms. The van der Waals surface area contributed by atoms with Crippen LogP contribution in [-0.2, 0) is 61.8 Å². The van der Waals surface area contributed by atoms with Gasteiger partial charge in [-0.05, 0) is 27.7 Å². The normalized spacial score (nSPS) is 40.1. The Labute approximate surface area is 224 Å². The van der Waals surface area contributed by atoms with E-state index in [4.69, 9.17) is 42.6 Å². The zero-order valence-electron chi connectivity index (χ0n) is 22.7. The first-order valence-corrected chi connectivity index (χ1v) is 12.6. The number of aliphatic hydroxyl groups is 1. The smallest absolute Gasteiger partial charge is 0.303 e. The SMILES string of the molecule is CC(=O)O[C@H]1[C@H](OC(C)=O)[C@@H](OC(C)=O)C(O)O[C@@H]1C(=O)NC[C@H]1O[C@@H]2OC(C)(C)O[C@@H]2[C@H]2OC(C)(C)O[C@H]21. The second-order valence-corrected chi connectivity index (χ2v) is 10.6. The molecule has 4 fully saturated rings. The molecule has 0 spiro atoms. The van der Waals surface area contributed by atoms with E-state index < -0.39 is 96.8 Å². The van der Waals surface area contributed by atoms with Crippen molar-refractivity contribution in [3.63, 3.8) is 0 Å². The van der Waals surface area contributed by atoms with Crippen LogP contribution in [0.1, 0.15) is 48.5 Å². The summed E-state index contributed by atoms with van der Waals surface area (Å²) >= 11 is 0. The van der Waals surface area contributed by atoms with Gasteiger partial charge in [0.1, 0.15) is 24.4 Å². The van der Waals surface area contributed by atoms with E-state index in [0.29, 0.717) is 0 Å². The van der Waals surface area contributed by atoms with Gasteiger partial charge in [-0.15, -0.1) is 0 Å². The number of ether oxygens (including phenoxy) is 9. The third kappa shape index (κ3) is 6.51. The highest BCUT2D eigenvalue weighted by Crippen LogP contribution is 2.44. The minimum Gasteiger partial charge on any atom is -0.455 e. The summed E-state index contributed by atoms with van der Waals surface area (Å²) in [7, 11) is 0. The van der Waals surface area contributed by atoms with E-state index in [1.54, 1.807) is 27.7 Å². The highest BCUT2D eigenvalue weighted by atomic mass is 16.9. The van der Waals surface area contributed by atoms with Crippen molar-refractivity contribution < 1.29 is 66.9 Å². The number of carbonyl (C=O) groups excluding carboxylic acids is 4. The zero-order valence-corrected chi connectivity index (χ0v) is 22.7. The second-order valence-electron chi connectivity index (χ2n) is 10.6. The molecule has 4 aliphatic heterocycles. The van der Waals surface area contributed by atoms with Crippen LogP contribution in [0.2, 0.25) is 0 Å². The van der Waals surface area contributed by atoms with Gasteiger partial charge in [-0.2, -0.15) is 0 Å². The van der Waals surface area contributed by atoms with E-state index in [2.05, 4.69) is 5.32 Å². The summed E-state index contributed by atoms with van der Waals surface area (Å²) in [6.45, 7) is 10.0. The number of nitrogens with one attached hydrogen (secondary N) is 1. The van der Waals surface area contributed by atoms with Gasteiger partial charge in [0.2, 0.25) is 0 Å². The molecule has 4 saturated heterocycles. The van der Waals surface area contributed by atoms with Crippen LogP contribution in [-0.4, -0.2) is 108 Å². The maximum atomic E-state index is 13.3. The summed E-state index contributed by atoms with van der Waals surface area (Å²) in [4.78, 5) is 48.6. The fourth-order valence-corrected chi connectivity index (χ4v) is 5.16. The van der Waals surface area contributed by atoms with Crippen LogP contribution >= 0.6 is 0 Å². The Morgan fingerprint density at radius 3 is 1.85 bits per heavy atom. The Morgan fingerprint density at radius 2 is 1.23 bits per heavy atom. The first-order valence-electron chi connectivity index (χ1n) is 12.6. The first kappa shape index (κ1) is 29.6. The van der Waals surface area contributed by atoms with Crippen molar-refractivity contribution in [1.29, 1.82) is 0 Å². The van der Waals surface area contributed by atoms with E-state index in [-0.39, 0.29) is 6.54 Å². The topological polar surface area (TPSA) is 184 Å². The molecule has 2 N–H and O–H groups in total. The van der Waals surface area contributed by atoms with Crippen molar-refractivity contribution in [1.82, 2.24) is 5.32 Å². The standard InChI is InChI=1S/C24H35NO14/c1-9(26)31-14-15(32-10(2)27)18(33-11(3)28)21(30)35-17(14)20(29)25-8-12-13-16(37-23(4,5)36-13)19-22(34-12)39-24(6,7)38-19/h12-19,21-22,30H,8H2,1-7H3,(H,25,29)/t12-,13+,14+,15+,16+,17+,18-,19-,21?,22-/m1/s1. The number of rotatable bonds is 6. The number of carbonyl (C=O) groups is 4. The highest BCUT2D eigenvalue weighted by molar-refractivity contribution is 5.82. The van der Waals surface area contributed by atoms with Crippen LogP contribution in [0, 0.1) is 0 Å². The number of esters is 3. The van der Waals surface area contributed by atoms with Crippen molar-refractivity contribution in [3.8, 4) is 0 Å². The minimum absolute atomic E-state index is 0.124. The molecular weight excluding hydrogens is 526 g/mol. The first-order chi connectivity index (χ1) is 18.1. The lowest BCUT2D eigenvalue weighted by Gasteiger charge is -2.42. The maximum Gasteiger partial charge on any atom is 0.303 e. The molecule has 0 radical (unpaired) electrons. The minimum atomic E-state index is -1.88. The Bertz CT molecular complexity index is 984. The lowest BCUT2D eigenvalue weighted by molar-refractivity contribution is -0.286. The molecule has 0 saturated carbocycles. The fourth-order valence-electron chi connectivity index (χ4n) is 5.16. The number of hydrogen-bond donors (Lipinski definition) is 2. The molecule has 0 aromatic heterocycles. The molecule has 1 unspecified atom stereocenters. The molecule has 0 bridgehead atoms. The molecule has 10 atom stereocenters.